The molecule has 5 nitrogen and oxygen atoms in total. The molecule has 2 aliphatic heterocycles. The number of nitrogens with zero attached hydrogens (tertiary/aromatic N) is 4. The van der Waals surface area contributed by atoms with E-state index in [0.717, 1.165) is 58.5 Å². The van der Waals surface area contributed by atoms with Gasteiger partial charge in [0.15, 0.2) is 0 Å². The molecule has 2 saturated heterocycles. The van der Waals surface area contributed by atoms with Crippen LogP contribution in [0.5, 0.6) is 0 Å². The molecule has 0 aromatic carbocycles. The first kappa shape index (κ1) is 16.4. The molecule has 1 amide bonds. The maximum atomic E-state index is 13.0. The normalized spacial score (nSPS) is 25.7. The highest BCUT2D eigenvalue weighted by molar-refractivity contribution is 5.85. The standard InChI is InChI=1S/C18H28N4O/c1-20(2)12-13-22-11-7-18(17(22)23)6-3-10-21(15-18)14-16-4-8-19-9-5-16/h4-5,8-9H,3,6-7,10-15H2,1-2H3/t18-/m1/s1. The molecule has 0 radical (unpaired) electrons. The molecule has 3 heterocycles. The first-order chi connectivity index (χ1) is 11.1. The van der Waals surface area contributed by atoms with Crippen LogP contribution < -0.4 is 0 Å². The van der Waals surface area contributed by atoms with E-state index in [1.807, 2.05) is 12.4 Å². The summed E-state index contributed by atoms with van der Waals surface area (Å²) in [4.78, 5) is 23.7. The Kier molecular flexibility index (Phi) is 4.97. The molecule has 0 bridgehead atoms. The van der Waals surface area contributed by atoms with Gasteiger partial charge in [0, 0.05) is 45.1 Å². The van der Waals surface area contributed by atoms with Crippen molar-refractivity contribution in [1.82, 2.24) is 19.7 Å². The summed E-state index contributed by atoms with van der Waals surface area (Å²) in [6.07, 6.45) is 6.89. The van der Waals surface area contributed by atoms with Gasteiger partial charge in [-0.3, -0.25) is 14.7 Å². The molecule has 1 aromatic heterocycles. The minimum atomic E-state index is -0.127. The third-order valence-corrected chi connectivity index (χ3v) is 5.23. The van der Waals surface area contributed by atoms with E-state index in [1.54, 1.807) is 0 Å². The molecule has 2 fully saturated rings. The van der Waals surface area contributed by atoms with E-state index >= 15 is 0 Å². The third kappa shape index (κ3) is 3.72. The van der Waals surface area contributed by atoms with Gasteiger partial charge in [0.1, 0.15) is 0 Å². The van der Waals surface area contributed by atoms with Crippen LogP contribution in [0.3, 0.4) is 0 Å². The molecule has 0 aliphatic carbocycles. The van der Waals surface area contributed by atoms with Gasteiger partial charge in [-0.1, -0.05) is 0 Å². The van der Waals surface area contributed by atoms with Crippen LogP contribution in [-0.2, 0) is 11.3 Å². The first-order valence-electron chi connectivity index (χ1n) is 8.64. The number of hydrogen-bond acceptors (Lipinski definition) is 4. The second kappa shape index (κ2) is 6.97. The number of likely N-dealkylation sites (tertiary alicyclic amines) is 2. The fourth-order valence-electron chi connectivity index (χ4n) is 3.91. The monoisotopic (exact) mass is 316 g/mol. The zero-order valence-corrected chi connectivity index (χ0v) is 14.4. The smallest absolute Gasteiger partial charge is 0.230 e. The van der Waals surface area contributed by atoms with Crippen molar-refractivity contribution in [3.05, 3.63) is 30.1 Å². The van der Waals surface area contributed by atoms with E-state index in [0.29, 0.717) is 5.91 Å². The second-order valence-corrected chi connectivity index (χ2v) is 7.30. The number of amides is 1. The second-order valence-electron chi connectivity index (χ2n) is 7.30. The van der Waals surface area contributed by atoms with Gasteiger partial charge in [-0.2, -0.15) is 0 Å². The van der Waals surface area contributed by atoms with Gasteiger partial charge >= 0.3 is 0 Å². The lowest BCUT2D eigenvalue weighted by atomic mass is 9.78. The zero-order valence-electron chi connectivity index (χ0n) is 14.4. The average Bonchev–Trinajstić information content (AvgIpc) is 2.83. The van der Waals surface area contributed by atoms with Gasteiger partial charge in [-0.05, 0) is 57.6 Å². The topological polar surface area (TPSA) is 39.7 Å². The Bertz CT molecular complexity index is 533. The molecule has 0 saturated carbocycles. The van der Waals surface area contributed by atoms with E-state index < -0.39 is 0 Å². The van der Waals surface area contributed by atoms with E-state index in [-0.39, 0.29) is 5.41 Å². The summed E-state index contributed by atoms with van der Waals surface area (Å²) in [5.74, 6) is 0.388. The van der Waals surface area contributed by atoms with Crippen LogP contribution in [0.25, 0.3) is 0 Å². The molecular formula is C18H28N4O. The van der Waals surface area contributed by atoms with Crippen LogP contribution in [0.15, 0.2) is 24.5 Å². The summed E-state index contributed by atoms with van der Waals surface area (Å²) in [5, 5.41) is 0. The SMILES string of the molecule is CN(C)CCN1CC[C@@]2(CCCN(Cc3ccncc3)C2)C1=O. The molecule has 0 N–H and O–H groups in total. The van der Waals surface area contributed by atoms with Crippen LogP contribution in [0.1, 0.15) is 24.8 Å². The number of rotatable bonds is 5. The Morgan fingerprint density at radius 2 is 2.00 bits per heavy atom. The highest BCUT2D eigenvalue weighted by atomic mass is 16.2. The molecule has 126 valence electrons. The van der Waals surface area contributed by atoms with Crippen LogP contribution >= 0.6 is 0 Å². The number of likely N-dealkylation sites (N-methyl/N-ethyl adjacent to an activating group) is 1. The maximum absolute atomic E-state index is 13.0. The van der Waals surface area contributed by atoms with Crippen molar-refractivity contribution in [1.29, 1.82) is 0 Å². The predicted molar refractivity (Wildman–Crippen MR) is 90.9 cm³/mol. The fraction of sp³-hybridized carbons (Fsp3) is 0.667. The van der Waals surface area contributed by atoms with Gasteiger partial charge in [0.2, 0.25) is 5.91 Å². The lowest BCUT2D eigenvalue weighted by molar-refractivity contribution is -0.139. The minimum absolute atomic E-state index is 0.127. The Hall–Kier alpha value is -1.46. The lowest BCUT2D eigenvalue weighted by Gasteiger charge is -2.39. The van der Waals surface area contributed by atoms with Crippen molar-refractivity contribution in [3.63, 3.8) is 0 Å². The predicted octanol–water partition coefficient (Wildman–Crippen LogP) is 1.46. The van der Waals surface area contributed by atoms with Crippen molar-refractivity contribution in [3.8, 4) is 0 Å². The van der Waals surface area contributed by atoms with Crippen molar-refractivity contribution in [2.24, 2.45) is 5.41 Å². The maximum Gasteiger partial charge on any atom is 0.230 e. The zero-order chi connectivity index (χ0) is 16.3. The van der Waals surface area contributed by atoms with Crippen LogP contribution in [0.4, 0.5) is 0 Å². The number of pyridine rings is 1. The Labute approximate surface area is 139 Å². The van der Waals surface area contributed by atoms with Gasteiger partial charge in [-0.25, -0.2) is 0 Å². The average molecular weight is 316 g/mol. The largest absolute Gasteiger partial charge is 0.341 e. The first-order valence-corrected chi connectivity index (χ1v) is 8.64. The van der Waals surface area contributed by atoms with E-state index in [4.69, 9.17) is 0 Å². The van der Waals surface area contributed by atoms with Crippen LogP contribution in [0, 0.1) is 5.41 Å². The summed E-state index contributed by atoms with van der Waals surface area (Å²) >= 11 is 0. The number of carbonyl (C=O) groups is 1. The third-order valence-electron chi connectivity index (χ3n) is 5.23. The van der Waals surface area contributed by atoms with Gasteiger partial charge < -0.3 is 9.80 Å². The molecule has 2 aliphatic rings. The molecule has 23 heavy (non-hydrogen) atoms. The Morgan fingerprint density at radius 1 is 1.22 bits per heavy atom. The molecule has 1 spiro atoms. The number of piperidine rings is 1. The Balaban J connectivity index is 1.62. The van der Waals surface area contributed by atoms with Crippen LogP contribution in [0.2, 0.25) is 0 Å². The van der Waals surface area contributed by atoms with E-state index in [2.05, 4.69) is 45.9 Å². The lowest BCUT2D eigenvalue weighted by Crippen LogP contribution is -2.48. The van der Waals surface area contributed by atoms with Crippen molar-refractivity contribution >= 4 is 5.91 Å². The summed E-state index contributed by atoms with van der Waals surface area (Å²) in [6.45, 7) is 5.66. The van der Waals surface area contributed by atoms with Gasteiger partial charge in [0.25, 0.3) is 0 Å². The highest BCUT2D eigenvalue weighted by Crippen LogP contribution is 2.40. The summed E-state index contributed by atoms with van der Waals surface area (Å²) < 4.78 is 0. The number of hydrogen-bond donors (Lipinski definition) is 0. The molecule has 3 rings (SSSR count). The van der Waals surface area contributed by atoms with Gasteiger partial charge in [-0.15, -0.1) is 0 Å². The fourth-order valence-corrected chi connectivity index (χ4v) is 3.91. The highest BCUT2D eigenvalue weighted by Gasteiger charge is 2.48. The van der Waals surface area contributed by atoms with Crippen molar-refractivity contribution in [2.75, 3.05) is 46.8 Å². The summed E-state index contributed by atoms with van der Waals surface area (Å²) in [6, 6.07) is 4.14. The van der Waals surface area contributed by atoms with Gasteiger partial charge in [0.05, 0.1) is 5.41 Å². The Morgan fingerprint density at radius 3 is 2.74 bits per heavy atom. The molecule has 0 unspecified atom stereocenters. The van der Waals surface area contributed by atoms with Crippen LogP contribution in [-0.4, -0.2) is 72.4 Å². The minimum Gasteiger partial charge on any atom is -0.341 e. The van der Waals surface area contributed by atoms with Crippen molar-refractivity contribution < 1.29 is 4.79 Å². The number of carbonyl (C=O) groups excluding carboxylic acids is 1. The van der Waals surface area contributed by atoms with Crippen molar-refractivity contribution in [2.45, 2.75) is 25.8 Å². The summed E-state index contributed by atoms with van der Waals surface area (Å²) in [7, 11) is 4.13. The quantitative estimate of drug-likeness (QED) is 0.824. The molecule has 1 atom stereocenters. The molecular weight excluding hydrogens is 288 g/mol. The number of aromatic nitrogens is 1. The summed E-state index contributed by atoms with van der Waals surface area (Å²) in [5.41, 5.74) is 1.16. The van der Waals surface area contributed by atoms with E-state index in [1.165, 1.54) is 5.56 Å². The molecule has 1 aromatic rings. The molecule has 5 heteroatoms. The van der Waals surface area contributed by atoms with E-state index in [9.17, 15) is 4.79 Å².